The maximum absolute atomic E-state index is 11.0. The van der Waals surface area contributed by atoms with Gasteiger partial charge in [0.2, 0.25) is 0 Å². The number of aromatic hydroxyl groups is 1. The first kappa shape index (κ1) is 16.7. The molecule has 0 radical (unpaired) electrons. The molecule has 0 aliphatic carbocycles. The van der Waals surface area contributed by atoms with E-state index in [0.717, 1.165) is 35.3 Å². The smallest absolute Gasteiger partial charge is 0.317 e. The predicted molar refractivity (Wildman–Crippen MR) is 99.1 cm³/mol. The molecule has 2 aliphatic heterocycles. The van der Waals surface area contributed by atoms with E-state index in [4.69, 9.17) is 9.84 Å². The van der Waals surface area contributed by atoms with Gasteiger partial charge in [-0.15, -0.1) is 0 Å². The van der Waals surface area contributed by atoms with Gasteiger partial charge in [-0.05, 0) is 29.8 Å². The molecular weight excluding hydrogens is 330 g/mol. The van der Waals surface area contributed by atoms with Crippen LogP contribution in [0.2, 0.25) is 0 Å². The molecule has 2 N–H and O–H groups in total. The number of ether oxygens (including phenoxy) is 1. The Morgan fingerprint density at radius 1 is 1.08 bits per heavy atom. The summed E-state index contributed by atoms with van der Waals surface area (Å²) in [5.41, 5.74) is 2.67. The zero-order valence-corrected chi connectivity index (χ0v) is 14.4. The van der Waals surface area contributed by atoms with Gasteiger partial charge in [0.15, 0.2) is 0 Å². The SMILES string of the molecule is O=C(O)CN1CCC2(CC1)Oc1ccccc1C=C2c1ccc(O)cc1. The summed E-state index contributed by atoms with van der Waals surface area (Å²) in [6.07, 6.45) is 3.61. The molecule has 2 aromatic rings. The number of rotatable bonds is 3. The van der Waals surface area contributed by atoms with Gasteiger partial charge in [-0.3, -0.25) is 9.69 Å². The van der Waals surface area contributed by atoms with E-state index < -0.39 is 11.6 Å². The molecule has 2 heterocycles. The van der Waals surface area contributed by atoms with Crippen molar-refractivity contribution in [1.82, 2.24) is 4.90 Å². The predicted octanol–water partition coefficient (Wildman–Crippen LogP) is 3.24. The average Bonchev–Trinajstić information content (AvgIpc) is 2.64. The molecule has 1 fully saturated rings. The van der Waals surface area contributed by atoms with Crippen molar-refractivity contribution in [3.8, 4) is 11.5 Å². The molecule has 1 saturated heterocycles. The van der Waals surface area contributed by atoms with E-state index in [9.17, 15) is 9.90 Å². The molecule has 26 heavy (non-hydrogen) atoms. The van der Waals surface area contributed by atoms with Crippen LogP contribution in [0.3, 0.4) is 0 Å². The normalized spacial score (nSPS) is 18.7. The Kier molecular flexibility index (Phi) is 4.17. The molecule has 0 aromatic heterocycles. The fourth-order valence-electron chi connectivity index (χ4n) is 3.87. The number of benzene rings is 2. The van der Waals surface area contributed by atoms with Crippen LogP contribution < -0.4 is 4.74 Å². The van der Waals surface area contributed by atoms with Crippen molar-refractivity contribution in [3.05, 3.63) is 59.7 Å². The highest BCUT2D eigenvalue weighted by atomic mass is 16.5. The molecule has 0 amide bonds. The molecule has 2 aromatic carbocycles. The van der Waals surface area contributed by atoms with Crippen LogP contribution in [0.5, 0.6) is 11.5 Å². The summed E-state index contributed by atoms with van der Waals surface area (Å²) in [5.74, 6) is 0.295. The van der Waals surface area contributed by atoms with Gasteiger partial charge in [0, 0.05) is 37.1 Å². The Balaban J connectivity index is 1.71. The zero-order chi connectivity index (χ0) is 18.1. The number of carboxylic acid groups (broad SMARTS) is 1. The van der Waals surface area contributed by atoms with E-state index in [2.05, 4.69) is 6.08 Å². The lowest BCUT2D eigenvalue weighted by Crippen LogP contribution is -2.50. The molecule has 0 bridgehead atoms. The van der Waals surface area contributed by atoms with Gasteiger partial charge in [0.1, 0.15) is 17.1 Å². The van der Waals surface area contributed by atoms with Crippen molar-refractivity contribution >= 4 is 17.6 Å². The first-order chi connectivity index (χ1) is 12.6. The Morgan fingerprint density at radius 3 is 2.46 bits per heavy atom. The summed E-state index contributed by atoms with van der Waals surface area (Å²) in [6.45, 7) is 1.40. The molecule has 0 unspecified atom stereocenters. The fraction of sp³-hybridized carbons (Fsp3) is 0.286. The molecule has 1 spiro atoms. The summed E-state index contributed by atoms with van der Waals surface area (Å²) < 4.78 is 6.51. The third-order valence-electron chi connectivity index (χ3n) is 5.22. The number of fused-ring (bicyclic) bond motifs is 1. The van der Waals surface area contributed by atoms with Crippen LogP contribution in [-0.2, 0) is 4.79 Å². The van der Waals surface area contributed by atoms with Crippen molar-refractivity contribution in [2.75, 3.05) is 19.6 Å². The van der Waals surface area contributed by atoms with Crippen molar-refractivity contribution in [2.24, 2.45) is 0 Å². The molecular formula is C21H21NO4. The van der Waals surface area contributed by atoms with Gasteiger partial charge in [-0.25, -0.2) is 0 Å². The van der Waals surface area contributed by atoms with Crippen LogP contribution in [0.4, 0.5) is 0 Å². The quantitative estimate of drug-likeness (QED) is 0.888. The Labute approximate surface area is 152 Å². The van der Waals surface area contributed by atoms with Crippen molar-refractivity contribution < 1.29 is 19.7 Å². The van der Waals surface area contributed by atoms with Gasteiger partial charge in [-0.1, -0.05) is 30.3 Å². The monoisotopic (exact) mass is 351 g/mol. The van der Waals surface area contributed by atoms with Gasteiger partial charge in [0.25, 0.3) is 0 Å². The third kappa shape index (κ3) is 3.06. The molecule has 5 heteroatoms. The third-order valence-corrected chi connectivity index (χ3v) is 5.22. The maximum atomic E-state index is 11.0. The number of nitrogens with zero attached hydrogens (tertiary/aromatic N) is 1. The number of carboxylic acids is 1. The van der Waals surface area contributed by atoms with E-state index in [1.54, 1.807) is 12.1 Å². The number of hydrogen-bond acceptors (Lipinski definition) is 4. The van der Waals surface area contributed by atoms with Crippen LogP contribution in [0, 0.1) is 0 Å². The van der Waals surface area contributed by atoms with Gasteiger partial charge < -0.3 is 14.9 Å². The lowest BCUT2D eigenvalue weighted by molar-refractivity contribution is -0.139. The summed E-state index contributed by atoms with van der Waals surface area (Å²) in [4.78, 5) is 13.0. The van der Waals surface area contributed by atoms with E-state index in [1.807, 2.05) is 41.3 Å². The number of carbonyl (C=O) groups is 1. The second-order valence-electron chi connectivity index (χ2n) is 6.91. The zero-order valence-electron chi connectivity index (χ0n) is 14.4. The minimum absolute atomic E-state index is 0.0604. The molecule has 0 atom stereocenters. The summed E-state index contributed by atoms with van der Waals surface area (Å²) in [6, 6.07) is 15.1. The number of piperidine rings is 1. The first-order valence-electron chi connectivity index (χ1n) is 8.79. The average molecular weight is 351 g/mol. The number of likely N-dealkylation sites (tertiary alicyclic amines) is 1. The topological polar surface area (TPSA) is 70.0 Å². The Bertz CT molecular complexity index is 849. The molecule has 0 saturated carbocycles. The number of para-hydroxylation sites is 1. The van der Waals surface area contributed by atoms with Crippen LogP contribution in [0.25, 0.3) is 11.6 Å². The van der Waals surface area contributed by atoms with Crippen LogP contribution in [-0.4, -0.2) is 46.3 Å². The number of phenols is 1. The Morgan fingerprint density at radius 2 is 1.77 bits per heavy atom. The second kappa shape index (κ2) is 6.50. The Hall–Kier alpha value is -2.79. The molecule has 134 valence electrons. The highest BCUT2D eigenvalue weighted by molar-refractivity contribution is 5.89. The number of phenolic OH excluding ortho intramolecular Hbond substituents is 1. The van der Waals surface area contributed by atoms with Crippen LogP contribution in [0.15, 0.2) is 48.5 Å². The fourth-order valence-corrected chi connectivity index (χ4v) is 3.87. The van der Waals surface area contributed by atoms with Crippen molar-refractivity contribution in [1.29, 1.82) is 0 Å². The molecule has 5 nitrogen and oxygen atoms in total. The summed E-state index contributed by atoms with van der Waals surface area (Å²) in [5, 5.41) is 18.7. The van der Waals surface area contributed by atoms with Crippen LogP contribution in [0.1, 0.15) is 24.0 Å². The molecule has 2 aliphatic rings. The summed E-state index contributed by atoms with van der Waals surface area (Å²) >= 11 is 0. The standard InChI is InChI=1S/C21H21NO4/c23-17-7-5-15(6-8-17)18-13-16-3-1-2-4-19(16)26-21(18)9-11-22(12-10-21)14-20(24)25/h1-8,13,23H,9-12,14H2,(H,24,25). The van der Waals surface area contributed by atoms with E-state index in [-0.39, 0.29) is 12.3 Å². The van der Waals surface area contributed by atoms with E-state index in [1.165, 1.54) is 0 Å². The summed E-state index contributed by atoms with van der Waals surface area (Å²) in [7, 11) is 0. The minimum Gasteiger partial charge on any atom is -0.508 e. The van der Waals surface area contributed by atoms with Gasteiger partial charge in [0.05, 0.1) is 6.54 Å². The lowest BCUT2D eigenvalue weighted by atomic mass is 9.78. The number of hydrogen-bond donors (Lipinski definition) is 2. The van der Waals surface area contributed by atoms with E-state index >= 15 is 0 Å². The number of aliphatic carboxylic acids is 1. The van der Waals surface area contributed by atoms with Crippen LogP contribution >= 0.6 is 0 Å². The second-order valence-corrected chi connectivity index (χ2v) is 6.91. The highest BCUT2D eigenvalue weighted by Gasteiger charge is 2.43. The van der Waals surface area contributed by atoms with E-state index in [0.29, 0.717) is 13.1 Å². The lowest BCUT2D eigenvalue weighted by Gasteiger charge is -2.45. The van der Waals surface area contributed by atoms with Gasteiger partial charge >= 0.3 is 5.97 Å². The highest BCUT2D eigenvalue weighted by Crippen LogP contribution is 2.46. The maximum Gasteiger partial charge on any atom is 0.317 e. The van der Waals surface area contributed by atoms with Crippen molar-refractivity contribution in [3.63, 3.8) is 0 Å². The molecule has 4 rings (SSSR count). The largest absolute Gasteiger partial charge is 0.508 e. The van der Waals surface area contributed by atoms with Gasteiger partial charge in [-0.2, -0.15) is 0 Å². The first-order valence-corrected chi connectivity index (χ1v) is 8.79. The minimum atomic E-state index is -0.801. The van der Waals surface area contributed by atoms with Crippen molar-refractivity contribution in [2.45, 2.75) is 18.4 Å².